The third kappa shape index (κ3) is 6.69. The Kier molecular flexibility index (Phi) is 8.53. The number of carbonyl (C=O) groups excluding carboxylic acids is 2. The largest absolute Gasteiger partial charge is 0.496 e. The van der Waals surface area contributed by atoms with Gasteiger partial charge in [-0.25, -0.2) is 0 Å². The van der Waals surface area contributed by atoms with E-state index >= 15 is 0 Å². The standard InChI is InChI=1S/C23H30N2O5/c1-15(2)25-22(26)14-30-20-9-7-18(13-21(20)29-5)23(27)24-11-10-17-12-16(3)6-8-19(17)28-4/h6-9,12-13,15H,10-11,14H2,1-5H3,(H,24,27)(H,25,26). The molecule has 2 amide bonds. The van der Waals surface area contributed by atoms with Crippen molar-refractivity contribution in [3.63, 3.8) is 0 Å². The van der Waals surface area contributed by atoms with Gasteiger partial charge >= 0.3 is 0 Å². The highest BCUT2D eigenvalue weighted by Crippen LogP contribution is 2.28. The number of aryl methyl sites for hydroxylation is 1. The minimum atomic E-state index is -0.222. The van der Waals surface area contributed by atoms with E-state index in [-0.39, 0.29) is 24.5 Å². The smallest absolute Gasteiger partial charge is 0.258 e. The molecule has 0 fully saturated rings. The molecule has 2 rings (SSSR count). The van der Waals surface area contributed by atoms with Gasteiger partial charge in [0.1, 0.15) is 5.75 Å². The number of methoxy groups -OCH3 is 2. The Bertz CT molecular complexity index is 880. The number of carbonyl (C=O) groups is 2. The minimum Gasteiger partial charge on any atom is -0.496 e. The molecule has 30 heavy (non-hydrogen) atoms. The summed E-state index contributed by atoms with van der Waals surface area (Å²) in [6, 6.07) is 10.9. The van der Waals surface area contributed by atoms with Crippen LogP contribution in [0.25, 0.3) is 0 Å². The van der Waals surface area contributed by atoms with Crippen LogP contribution in [0, 0.1) is 6.92 Å². The van der Waals surface area contributed by atoms with Crippen molar-refractivity contribution in [2.45, 2.75) is 33.2 Å². The summed E-state index contributed by atoms with van der Waals surface area (Å²) < 4.78 is 16.2. The van der Waals surface area contributed by atoms with Gasteiger partial charge in [0.25, 0.3) is 11.8 Å². The van der Waals surface area contributed by atoms with Crippen molar-refractivity contribution in [2.24, 2.45) is 0 Å². The molecular formula is C23H30N2O5. The quantitative estimate of drug-likeness (QED) is 0.624. The first kappa shape index (κ1) is 23.1. The molecule has 0 heterocycles. The van der Waals surface area contributed by atoms with Crippen LogP contribution < -0.4 is 24.8 Å². The number of nitrogens with one attached hydrogen (secondary N) is 2. The molecule has 2 aromatic carbocycles. The lowest BCUT2D eigenvalue weighted by molar-refractivity contribution is -0.123. The predicted octanol–water partition coefficient (Wildman–Crippen LogP) is 2.89. The van der Waals surface area contributed by atoms with Crippen LogP contribution in [0.15, 0.2) is 36.4 Å². The zero-order valence-corrected chi connectivity index (χ0v) is 18.2. The van der Waals surface area contributed by atoms with Crippen molar-refractivity contribution in [1.82, 2.24) is 10.6 Å². The van der Waals surface area contributed by atoms with Crippen LogP contribution in [0.2, 0.25) is 0 Å². The SMILES string of the molecule is COc1ccc(C)cc1CCNC(=O)c1ccc(OCC(=O)NC(C)C)c(OC)c1. The molecule has 0 saturated carbocycles. The number of ether oxygens (including phenoxy) is 3. The second-order valence-electron chi connectivity index (χ2n) is 7.20. The van der Waals surface area contributed by atoms with Crippen molar-refractivity contribution < 1.29 is 23.8 Å². The van der Waals surface area contributed by atoms with Crippen LogP contribution in [0.4, 0.5) is 0 Å². The Morgan fingerprint density at radius 1 is 0.967 bits per heavy atom. The van der Waals surface area contributed by atoms with E-state index in [1.165, 1.54) is 7.11 Å². The van der Waals surface area contributed by atoms with E-state index in [9.17, 15) is 9.59 Å². The summed E-state index contributed by atoms with van der Waals surface area (Å²) in [5, 5.41) is 5.66. The summed E-state index contributed by atoms with van der Waals surface area (Å²) in [4.78, 5) is 24.3. The highest BCUT2D eigenvalue weighted by atomic mass is 16.5. The fourth-order valence-corrected chi connectivity index (χ4v) is 2.95. The van der Waals surface area contributed by atoms with Gasteiger partial charge in [-0.1, -0.05) is 17.7 Å². The van der Waals surface area contributed by atoms with E-state index < -0.39 is 0 Å². The van der Waals surface area contributed by atoms with Gasteiger partial charge in [-0.15, -0.1) is 0 Å². The molecule has 2 N–H and O–H groups in total. The Hall–Kier alpha value is -3.22. The van der Waals surface area contributed by atoms with Gasteiger partial charge < -0.3 is 24.8 Å². The first-order valence-corrected chi connectivity index (χ1v) is 9.86. The summed E-state index contributed by atoms with van der Waals surface area (Å²) in [5.41, 5.74) is 2.63. The number of rotatable bonds is 10. The molecule has 2 aromatic rings. The lowest BCUT2D eigenvalue weighted by Crippen LogP contribution is -2.34. The van der Waals surface area contributed by atoms with Crippen LogP contribution >= 0.6 is 0 Å². The molecule has 0 radical (unpaired) electrons. The monoisotopic (exact) mass is 414 g/mol. The van der Waals surface area contributed by atoms with Crippen molar-refractivity contribution in [2.75, 3.05) is 27.4 Å². The molecule has 0 bridgehead atoms. The Morgan fingerprint density at radius 2 is 1.67 bits per heavy atom. The van der Waals surface area contributed by atoms with E-state index in [1.54, 1.807) is 25.3 Å². The highest BCUT2D eigenvalue weighted by molar-refractivity contribution is 5.94. The molecule has 0 aliphatic heterocycles. The molecule has 0 spiro atoms. The normalized spacial score (nSPS) is 10.5. The van der Waals surface area contributed by atoms with Crippen LogP contribution in [-0.4, -0.2) is 45.2 Å². The Balaban J connectivity index is 1.96. The third-order valence-electron chi connectivity index (χ3n) is 4.35. The Morgan fingerprint density at radius 3 is 2.33 bits per heavy atom. The molecule has 0 aliphatic carbocycles. The third-order valence-corrected chi connectivity index (χ3v) is 4.35. The zero-order valence-electron chi connectivity index (χ0n) is 18.2. The van der Waals surface area contributed by atoms with Gasteiger partial charge in [0.05, 0.1) is 14.2 Å². The summed E-state index contributed by atoms with van der Waals surface area (Å²) in [6.07, 6.45) is 0.653. The maximum Gasteiger partial charge on any atom is 0.258 e. The first-order valence-electron chi connectivity index (χ1n) is 9.86. The molecule has 0 aliphatic rings. The predicted molar refractivity (Wildman–Crippen MR) is 116 cm³/mol. The maximum atomic E-state index is 12.5. The van der Waals surface area contributed by atoms with Gasteiger partial charge in [-0.3, -0.25) is 9.59 Å². The molecule has 162 valence electrons. The lowest BCUT2D eigenvalue weighted by Gasteiger charge is -2.14. The number of benzene rings is 2. The fourth-order valence-electron chi connectivity index (χ4n) is 2.95. The molecule has 0 unspecified atom stereocenters. The second kappa shape index (κ2) is 11.1. The van der Waals surface area contributed by atoms with Gasteiger partial charge in [0.2, 0.25) is 0 Å². The van der Waals surface area contributed by atoms with Crippen LogP contribution in [0.1, 0.15) is 35.3 Å². The average molecular weight is 415 g/mol. The molecule has 7 nitrogen and oxygen atoms in total. The molecule has 0 atom stereocenters. The van der Waals surface area contributed by atoms with E-state index in [1.807, 2.05) is 32.9 Å². The summed E-state index contributed by atoms with van der Waals surface area (Å²) >= 11 is 0. The van der Waals surface area contributed by atoms with E-state index in [0.717, 1.165) is 16.9 Å². The van der Waals surface area contributed by atoms with Gasteiger partial charge in [0.15, 0.2) is 18.1 Å². The molecule has 0 saturated heterocycles. The van der Waals surface area contributed by atoms with Crippen LogP contribution in [0.5, 0.6) is 17.2 Å². The van der Waals surface area contributed by atoms with Crippen molar-refractivity contribution in [3.8, 4) is 17.2 Å². The minimum absolute atomic E-state index is 0.0360. The van der Waals surface area contributed by atoms with E-state index in [2.05, 4.69) is 16.7 Å². The summed E-state index contributed by atoms with van der Waals surface area (Å²) in [5.74, 6) is 1.15. The number of amides is 2. The van der Waals surface area contributed by atoms with Crippen molar-refractivity contribution >= 4 is 11.8 Å². The number of hydrogen-bond acceptors (Lipinski definition) is 5. The summed E-state index contributed by atoms with van der Waals surface area (Å²) in [6.45, 7) is 6.11. The lowest BCUT2D eigenvalue weighted by atomic mass is 10.1. The van der Waals surface area contributed by atoms with Crippen LogP contribution in [-0.2, 0) is 11.2 Å². The van der Waals surface area contributed by atoms with Gasteiger partial charge in [0, 0.05) is 18.2 Å². The average Bonchev–Trinajstić information content (AvgIpc) is 2.71. The Labute approximate surface area is 177 Å². The van der Waals surface area contributed by atoms with Gasteiger partial charge in [-0.2, -0.15) is 0 Å². The maximum absolute atomic E-state index is 12.5. The van der Waals surface area contributed by atoms with Crippen molar-refractivity contribution in [1.29, 1.82) is 0 Å². The molecule has 0 aromatic heterocycles. The van der Waals surface area contributed by atoms with Crippen molar-refractivity contribution in [3.05, 3.63) is 53.1 Å². The second-order valence-corrected chi connectivity index (χ2v) is 7.20. The molecular weight excluding hydrogens is 384 g/mol. The number of hydrogen-bond donors (Lipinski definition) is 2. The fraction of sp³-hybridized carbons (Fsp3) is 0.391. The first-order chi connectivity index (χ1) is 14.3. The van der Waals surface area contributed by atoms with Gasteiger partial charge in [-0.05, 0) is 57.0 Å². The van der Waals surface area contributed by atoms with Crippen LogP contribution in [0.3, 0.4) is 0 Å². The highest BCUT2D eigenvalue weighted by Gasteiger charge is 2.13. The topological polar surface area (TPSA) is 85.9 Å². The molecule has 7 heteroatoms. The van der Waals surface area contributed by atoms with E-state index in [0.29, 0.717) is 30.0 Å². The summed E-state index contributed by atoms with van der Waals surface area (Å²) in [7, 11) is 3.12. The zero-order chi connectivity index (χ0) is 22.1. The van der Waals surface area contributed by atoms with E-state index in [4.69, 9.17) is 14.2 Å².